The van der Waals surface area contributed by atoms with E-state index in [1.165, 1.54) is 12.4 Å². The number of nitrogen functional groups attached to an aromatic ring is 1. The number of nitrogens with two attached hydrogens (primary N) is 1. The summed E-state index contributed by atoms with van der Waals surface area (Å²) >= 11 is 19.2. The van der Waals surface area contributed by atoms with Gasteiger partial charge in [0.15, 0.2) is 16.0 Å². The van der Waals surface area contributed by atoms with Gasteiger partial charge in [-0.1, -0.05) is 70.1 Å². The van der Waals surface area contributed by atoms with Crippen molar-refractivity contribution >= 4 is 96.6 Å². The van der Waals surface area contributed by atoms with Crippen molar-refractivity contribution in [3.63, 3.8) is 0 Å². The molecule has 264 valence electrons. The number of thiazole rings is 2. The van der Waals surface area contributed by atoms with Crippen LogP contribution in [0.4, 0.5) is 25.5 Å². The molecule has 2 amide bonds. The molecule has 4 rings (SSSR count). The van der Waals surface area contributed by atoms with E-state index in [0.29, 0.717) is 25.7 Å². The summed E-state index contributed by atoms with van der Waals surface area (Å²) in [5.74, 6) is -0.0964. The van der Waals surface area contributed by atoms with Gasteiger partial charge in [-0.25, -0.2) is 19.6 Å². The number of carbonyl (C=O) groups is 4. The zero-order valence-corrected chi connectivity index (χ0v) is 32.1. The van der Waals surface area contributed by atoms with Crippen molar-refractivity contribution in [3.05, 3.63) is 85.3 Å². The Bertz CT molecular complexity index is 1740. The first-order valence-electron chi connectivity index (χ1n) is 14.5. The number of hydrogen-bond donors (Lipinski definition) is 3. The van der Waals surface area contributed by atoms with Crippen LogP contribution < -0.4 is 16.4 Å². The summed E-state index contributed by atoms with van der Waals surface area (Å²) in [5.41, 5.74) is 7.86. The van der Waals surface area contributed by atoms with Crippen LogP contribution in [-0.2, 0) is 15.9 Å². The van der Waals surface area contributed by atoms with Crippen molar-refractivity contribution in [2.45, 2.75) is 73.0 Å². The van der Waals surface area contributed by atoms with Crippen LogP contribution in [0.15, 0.2) is 48.8 Å². The largest absolute Gasteiger partial charge is 0.444 e. The lowest BCUT2D eigenvalue weighted by Crippen LogP contribution is -2.27. The molecule has 0 spiro atoms. The SMILES string of the molecule is CC(C)(C)OC(=O)Nc1ncc(C(=O)Cl)s1.Cc1cccc(Cl)c1CC(=O)c1cnc(NC(=O)OC(C)(C)C)s1.Cc1cccc(Cl)c1N. The highest BCUT2D eigenvalue weighted by atomic mass is 35.5. The first-order valence-corrected chi connectivity index (χ1v) is 17.3. The second kappa shape index (κ2) is 18.3. The molecule has 49 heavy (non-hydrogen) atoms. The molecule has 2 heterocycles. The van der Waals surface area contributed by atoms with Gasteiger partial charge in [-0.2, -0.15) is 0 Å². The molecule has 0 atom stereocenters. The minimum absolute atomic E-state index is 0.0964. The number of aromatic nitrogens is 2. The zero-order valence-electron chi connectivity index (χ0n) is 28.2. The van der Waals surface area contributed by atoms with E-state index in [2.05, 4.69) is 20.6 Å². The van der Waals surface area contributed by atoms with Crippen LogP contribution in [0.25, 0.3) is 0 Å². The maximum Gasteiger partial charge on any atom is 0.413 e. The van der Waals surface area contributed by atoms with Gasteiger partial charge in [0.1, 0.15) is 16.1 Å². The number of ether oxygens (including phenoxy) is 2. The minimum Gasteiger partial charge on any atom is -0.444 e. The molecule has 0 aliphatic rings. The second-order valence-electron chi connectivity index (χ2n) is 12.2. The van der Waals surface area contributed by atoms with Crippen LogP contribution in [-0.4, -0.2) is 44.4 Å². The number of halogens is 3. The fraction of sp³-hybridized carbons (Fsp3) is 0.333. The predicted octanol–water partition coefficient (Wildman–Crippen LogP) is 9.98. The van der Waals surface area contributed by atoms with Crippen LogP contribution in [0.5, 0.6) is 0 Å². The van der Waals surface area contributed by atoms with Crippen molar-refractivity contribution in [3.8, 4) is 0 Å². The smallest absolute Gasteiger partial charge is 0.413 e. The molecule has 4 N–H and O–H groups in total. The van der Waals surface area contributed by atoms with E-state index in [9.17, 15) is 19.2 Å². The summed E-state index contributed by atoms with van der Waals surface area (Å²) in [7, 11) is 0. The van der Waals surface area contributed by atoms with Crippen LogP contribution in [0.2, 0.25) is 10.0 Å². The summed E-state index contributed by atoms with van der Waals surface area (Å²) in [6.45, 7) is 14.4. The Morgan fingerprint density at radius 3 is 1.61 bits per heavy atom. The number of Topliss-reactive ketones (excluding diaryl/α,β-unsaturated/α-hetero) is 1. The standard InChI is InChI=1S/C17H19ClN2O3S.C9H11ClN2O3S.C7H8ClN/c1-10-6-5-7-12(18)11(10)8-13(21)14-9-19-15(24-14)20-16(22)23-17(2,3)4;1-9(2,3)15-8(14)12-7-11-4-5(16-7)6(10)13;1-5-3-2-4-6(8)7(5)9/h5-7,9H,8H2,1-4H3,(H,19,20,22);4H,1-3H3,(H,11,12,14);2-4H,9H2,1H3. The van der Waals surface area contributed by atoms with Crippen molar-refractivity contribution < 1.29 is 28.7 Å². The van der Waals surface area contributed by atoms with Gasteiger partial charge >= 0.3 is 12.2 Å². The molecule has 0 unspecified atom stereocenters. The maximum atomic E-state index is 12.4. The first kappa shape index (κ1) is 41.4. The van der Waals surface area contributed by atoms with Gasteiger partial charge in [0, 0.05) is 11.4 Å². The summed E-state index contributed by atoms with van der Waals surface area (Å²) < 4.78 is 10.2. The van der Waals surface area contributed by atoms with Crippen molar-refractivity contribution in [1.82, 2.24) is 9.97 Å². The molecule has 4 aromatic rings. The molecule has 2 aromatic heterocycles. The third kappa shape index (κ3) is 15.1. The summed E-state index contributed by atoms with van der Waals surface area (Å²) in [6.07, 6.45) is 1.73. The third-order valence-corrected chi connectivity index (χ3v) is 8.52. The van der Waals surface area contributed by atoms with Crippen LogP contribution in [0, 0.1) is 13.8 Å². The van der Waals surface area contributed by atoms with Crippen LogP contribution >= 0.6 is 57.5 Å². The van der Waals surface area contributed by atoms with Crippen molar-refractivity contribution in [1.29, 1.82) is 0 Å². The van der Waals surface area contributed by atoms with Crippen LogP contribution in [0.3, 0.4) is 0 Å². The fourth-order valence-electron chi connectivity index (χ4n) is 3.45. The molecule has 2 aromatic carbocycles. The summed E-state index contributed by atoms with van der Waals surface area (Å²) in [6, 6.07) is 11.1. The molecular weight excluding hydrogens is 733 g/mol. The topological polar surface area (TPSA) is 163 Å². The van der Waals surface area contributed by atoms with Gasteiger partial charge in [0.05, 0.1) is 28.0 Å². The highest BCUT2D eigenvalue weighted by Gasteiger charge is 2.20. The third-order valence-electron chi connectivity index (χ3n) is 5.66. The summed E-state index contributed by atoms with van der Waals surface area (Å²) in [4.78, 5) is 54.8. The second-order valence-corrected chi connectivity index (χ2v) is 15.4. The highest BCUT2D eigenvalue weighted by Crippen LogP contribution is 2.25. The number of benzene rings is 2. The number of hydrogen-bond acceptors (Lipinski definition) is 11. The van der Waals surface area contributed by atoms with Crippen molar-refractivity contribution in [2.24, 2.45) is 0 Å². The lowest BCUT2D eigenvalue weighted by Gasteiger charge is -2.18. The number of anilines is 3. The number of para-hydroxylation sites is 1. The van der Waals surface area contributed by atoms with Gasteiger partial charge < -0.3 is 15.2 Å². The average molecular weight is 771 g/mol. The molecule has 16 heteroatoms. The predicted molar refractivity (Wildman–Crippen MR) is 199 cm³/mol. The molecule has 0 bridgehead atoms. The Morgan fingerprint density at radius 2 is 1.20 bits per heavy atom. The number of rotatable bonds is 6. The normalized spacial score (nSPS) is 10.8. The van der Waals surface area contributed by atoms with Gasteiger partial charge in [0.2, 0.25) is 0 Å². The summed E-state index contributed by atoms with van der Waals surface area (Å²) in [5, 5.41) is 6.14. The highest BCUT2D eigenvalue weighted by molar-refractivity contribution is 7.19. The Labute approximate surface area is 308 Å². The van der Waals surface area contributed by atoms with E-state index < -0.39 is 28.6 Å². The molecule has 0 aliphatic heterocycles. The molecular formula is C33H38Cl3N5O6S2. The van der Waals surface area contributed by atoms with E-state index in [1.807, 2.05) is 38.1 Å². The maximum absolute atomic E-state index is 12.4. The lowest BCUT2D eigenvalue weighted by atomic mass is 10.0. The van der Waals surface area contributed by atoms with E-state index in [0.717, 1.165) is 39.4 Å². The molecule has 0 fully saturated rings. The Morgan fingerprint density at radius 1 is 0.755 bits per heavy atom. The monoisotopic (exact) mass is 769 g/mol. The zero-order chi connectivity index (χ0) is 37.1. The van der Waals surface area contributed by atoms with Gasteiger partial charge in [-0.05, 0) is 95.8 Å². The number of ketones is 1. The Hall–Kier alpha value is -3.75. The number of nitrogens with zero attached hydrogens (tertiary/aromatic N) is 2. The van der Waals surface area contributed by atoms with Gasteiger partial charge in [-0.15, -0.1) is 0 Å². The number of carbonyl (C=O) groups excluding carboxylic acids is 4. The first-order chi connectivity index (χ1) is 22.6. The Balaban J connectivity index is 0.000000285. The Kier molecular flexibility index (Phi) is 15.5. The van der Waals surface area contributed by atoms with Crippen LogP contribution in [0.1, 0.15) is 77.6 Å². The molecule has 0 saturated heterocycles. The van der Waals surface area contributed by atoms with E-state index in [1.54, 1.807) is 53.7 Å². The molecule has 0 aliphatic carbocycles. The number of amides is 2. The lowest BCUT2D eigenvalue weighted by molar-refractivity contribution is 0.0624. The van der Waals surface area contributed by atoms with Gasteiger partial charge in [-0.3, -0.25) is 20.2 Å². The molecule has 0 radical (unpaired) electrons. The van der Waals surface area contributed by atoms with E-state index >= 15 is 0 Å². The van der Waals surface area contributed by atoms with Gasteiger partial charge in [0.25, 0.3) is 5.24 Å². The molecule has 11 nitrogen and oxygen atoms in total. The molecule has 0 saturated carbocycles. The quantitative estimate of drug-likeness (QED) is 0.0984. The van der Waals surface area contributed by atoms with E-state index in [-0.39, 0.29) is 22.2 Å². The fourth-order valence-corrected chi connectivity index (χ4v) is 5.50. The average Bonchev–Trinajstić information content (AvgIpc) is 3.62. The van der Waals surface area contributed by atoms with Crippen molar-refractivity contribution in [2.75, 3.05) is 16.4 Å². The van der Waals surface area contributed by atoms with E-state index in [4.69, 9.17) is 50.0 Å². The number of aryl methyl sites for hydroxylation is 2. The number of nitrogens with one attached hydrogen (secondary N) is 2. The minimum atomic E-state index is -0.615.